The van der Waals surface area contributed by atoms with Gasteiger partial charge in [0.25, 0.3) is 0 Å². The minimum Gasteiger partial charge on any atom is -0.486 e. The Morgan fingerprint density at radius 1 is 1.14 bits per heavy atom. The van der Waals surface area contributed by atoms with Crippen LogP contribution >= 0.6 is 23.2 Å². The van der Waals surface area contributed by atoms with Crippen LogP contribution < -0.4 is 15.4 Å². The molecule has 1 amide bonds. The lowest BCUT2D eigenvalue weighted by Crippen LogP contribution is -2.33. The zero-order valence-electron chi connectivity index (χ0n) is 15.7. The van der Waals surface area contributed by atoms with E-state index in [9.17, 15) is 4.79 Å². The van der Waals surface area contributed by atoms with E-state index in [0.717, 1.165) is 16.6 Å². The van der Waals surface area contributed by atoms with Gasteiger partial charge in [0.05, 0.1) is 17.8 Å². The Bertz CT molecular complexity index is 1000. The predicted octanol–water partition coefficient (Wildman–Crippen LogP) is 4.60. The third kappa shape index (κ3) is 3.92. The van der Waals surface area contributed by atoms with Crippen LogP contribution in [0, 0.1) is 0 Å². The molecule has 2 N–H and O–H groups in total. The first-order chi connectivity index (χ1) is 13.5. The molecule has 7 heteroatoms. The second-order valence-electron chi connectivity index (χ2n) is 6.25. The van der Waals surface area contributed by atoms with Gasteiger partial charge >= 0.3 is 0 Å². The fourth-order valence-electron chi connectivity index (χ4n) is 3.03. The van der Waals surface area contributed by atoms with Gasteiger partial charge in [-0.05, 0) is 30.7 Å². The van der Waals surface area contributed by atoms with Crippen LogP contribution in [0.1, 0.15) is 18.2 Å². The molecule has 1 aromatic heterocycles. The maximum atomic E-state index is 12.3. The van der Waals surface area contributed by atoms with E-state index in [1.54, 1.807) is 25.2 Å². The Kier molecular flexibility index (Phi) is 6.39. The third-order valence-electron chi connectivity index (χ3n) is 4.53. The van der Waals surface area contributed by atoms with Crippen LogP contribution in [-0.4, -0.2) is 24.5 Å². The van der Waals surface area contributed by atoms with Gasteiger partial charge in [0, 0.05) is 28.0 Å². The molecule has 0 bridgehead atoms. The number of aryl methyl sites for hydroxylation is 1. The van der Waals surface area contributed by atoms with Crippen molar-refractivity contribution in [1.82, 2.24) is 4.98 Å². The molecule has 0 fully saturated rings. The highest BCUT2D eigenvalue weighted by molar-refractivity contribution is 6.35. The molecule has 0 aliphatic rings. The molecule has 2 aromatic carbocycles. The van der Waals surface area contributed by atoms with Crippen molar-refractivity contribution in [2.45, 2.75) is 20.0 Å². The first-order valence-corrected chi connectivity index (χ1v) is 9.67. The molecular formula is C21H21Cl2N3O2. The fourth-order valence-corrected chi connectivity index (χ4v) is 3.54. The summed E-state index contributed by atoms with van der Waals surface area (Å²) in [6, 6.07) is 13.0. The SMILES string of the molecule is CCc1nc2ccccc2c(OCc2c(Cl)cccc2Cl)c1N(C)C(=O)CN. The number of likely N-dealkylation sites (N-methyl/N-ethyl adjacent to an activating group) is 1. The maximum absolute atomic E-state index is 12.3. The summed E-state index contributed by atoms with van der Waals surface area (Å²) in [5.41, 5.74) is 8.42. The molecule has 3 rings (SSSR count). The van der Waals surface area contributed by atoms with Crippen LogP contribution in [0.5, 0.6) is 5.75 Å². The Morgan fingerprint density at radius 2 is 1.82 bits per heavy atom. The lowest BCUT2D eigenvalue weighted by atomic mass is 10.1. The van der Waals surface area contributed by atoms with Gasteiger partial charge < -0.3 is 15.4 Å². The van der Waals surface area contributed by atoms with E-state index in [4.69, 9.17) is 38.7 Å². The van der Waals surface area contributed by atoms with Gasteiger partial charge in [-0.3, -0.25) is 9.78 Å². The number of carbonyl (C=O) groups excluding carboxylic acids is 1. The average Bonchev–Trinajstić information content (AvgIpc) is 2.71. The number of ether oxygens (including phenoxy) is 1. The number of benzene rings is 2. The van der Waals surface area contributed by atoms with Crippen molar-refractivity contribution in [1.29, 1.82) is 0 Å². The molecule has 0 aliphatic carbocycles. The summed E-state index contributed by atoms with van der Waals surface area (Å²) in [4.78, 5) is 18.5. The summed E-state index contributed by atoms with van der Waals surface area (Å²) >= 11 is 12.6. The van der Waals surface area contributed by atoms with Gasteiger partial charge in [0.1, 0.15) is 12.3 Å². The van der Waals surface area contributed by atoms with Crippen molar-refractivity contribution in [2.24, 2.45) is 5.73 Å². The van der Waals surface area contributed by atoms with E-state index < -0.39 is 0 Å². The van der Waals surface area contributed by atoms with Crippen molar-refractivity contribution >= 4 is 45.7 Å². The molecule has 3 aromatic rings. The van der Waals surface area contributed by atoms with Crippen LogP contribution in [0.3, 0.4) is 0 Å². The summed E-state index contributed by atoms with van der Waals surface area (Å²) < 4.78 is 6.21. The van der Waals surface area contributed by atoms with Crippen molar-refractivity contribution in [3.8, 4) is 5.75 Å². The number of aromatic nitrogens is 1. The number of fused-ring (bicyclic) bond motifs is 1. The van der Waals surface area contributed by atoms with Crippen molar-refractivity contribution in [3.63, 3.8) is 0 Å². The second-order valence-corrected chi connectivity index (χ2v) is 7.07. The summed E-state index contributed by atoms with van der Waals surface area (Å²) in [7, 11) is 1.68. The highest BCUT2D eigenvalue weighted by Crippen LogP contribution is 2.39. The lowest BCUT2D eigenvalue weighted by Gasteiger charge is -2.24. The van der Waals surface area contributed by atoms with Gasteiger partial charge in [-0.1, -0.05) is 48.3 Å². The first kappa shape index (κ1) is 20.4. The van der Waals surface area contributed by atoms with Crippen molar-refractivity contribution < 1.29 is 9.53 Å². The zero-order chi connectivity index (χ0) is 20.3. The zero-order valence-corrected chi connectivity index (χ0v) is 17.2. The molecule has 0 unspecified atom stereocenters. The van der Waals surface area contributed by atoms with Crippen LogP contribution in [0.2, 0.25) is 10.0 Å². The van der Waals surface area contributed by atoms with E-state index in [2.05, 4.69) is 0 Å². The maximum Gasteiger partial charge on any atom is 0.240 e. The molecule has 28 heavy (non-hydrogen) atoms. The number of rotatable bonds is 6. The molecule has 0 radical (unpaired) electrons. The lowest BCUT2D eigenvalue weighted by molar-refractivity contribution is -0.117. The number of nitrogens with zero attached hydrogens (tertiary/aromatic N) is 2. The van der Waals surface area contributed by atoms with Crippen LogP contribution in [0.25, 0.3) is 10.9 Å². The number of nitrogens with two attached hydrogens (primary N) is 1. The van der Waals surface area contributed by atoms with Gasteiger partial charge in [0.2, 0.25) is 5.91 Å². The number of hydrogen-bond donors (Lipinski definition) is 1. The normalized spacial score (nSPS) is 10.9. The molecule has 146 valence electrons. The number of carbonyl (C=O) groups is 1. The summed E-state index contributed by atoms with van der Waals surface area (Å²) in [6.07, 6.45) is 0.631. The summed E-state index contributed by atoms with van der Waals surface area (Å²) in [5, 5.41) is 1.85. The van der Waals surface area contributed by atoms with Crippen molar-refractivity contribution in [3.05, 3.63) is 63.8 Å². The second kappa shape index (κ2) is 8.78. The van der Waals surface area contributed by atoms with Gasteiger partial charge in [-0.15, -0.1) is 0 Å². The minimum atomic E-state index is -0.229. The smallest absolute Gasteiger partial charge is 0.240 e. The van der Waals surface area contributed by atoms with E-state index in [-0.39, 0.29) is 19.1 Å². The Labute approximate surface area is 174 Å². The third-order valence-corrected chi connectivity index (χ3v) is 5.24. The molecular weight excluding hydrogens is 397 g/mol. The standard InChI is InChI=1S/C21H21Cl2N3O2/c1-3-17-20(26(2)19(27)11-24)21(13-7-4-5-10-18(13)25-17)28-12-14-15(22)8-6-9-16(14)23/h4-10H,3,11-12,24H2,1-2H3. The minimum absolute atomic E-state index is 0.109. The van der Waals surface area contributed by atoms with Crippen LogP contribution in [0.15, 0.2) is 42.5 Å². The molecule has 1 heterocycles. The van der Waals surface area contributed by atoms with E-state index >= 15 is 0 Å². The van der Waals surface area contributed by atoms with Gasteiger partial charge in [-0.2, -0.15) is 0 Å². The van der Waals surface area contributed by atoms with Gasteiger partial charge in [0.15, 0.2) is 5.75 Å². The van der Waals surface area contributed by atoms with Crippen LogP contribution in [0.4, 0.5) is 5.69 Å². The monoisotopic (exact) mass is 417 g/mol. The molecule has 0 saturated carbocycles. The first-order valence-electron chi connectivity index (χ1n) is 8.91. The number of anilines is 1. The molecule has 0 atom stereocenters. The van der Waals surface area contributed by atoms with E-state index in [0.29, 0.717) is 33.5 Å². The summed E-state index contributed by atoms with van der Waals surface area (Å²) in [6.45, 7) is 2.03. The Hall–Kier alpha value is -2.34. The molecule has 0 aliphatic heterocycles. The quantitative estimate of drug-likeness (QED) is 0.635. The van der Waals surface area contributed by atoms with E-state index in [1.165, 1.54) is 4.90 Å². The Morgan fingerprint density at radius 3 is 2.46 bits per heavy atom. The number of para-hydroxylation sites is 1. The summed E-state index contributed by atoms with van der Waals surface area (Å²) in [5.74, 6) is 0.329. The molecule has 0 spiro atoms. The number of amides is 1. The average molecular weight is 418 g/mol. The topological polar surface area (TPSA) is 68.5 Å². The van der Waals surface area contributed by atoms with Crippen LogP contribution in [-0.2, 0) is 17.8 Å². The number of pyridine rings is 1. The highest BCUT2D eigenvalue weighted by atomic mass is 35.5. The molecule has 5 nitrogen and oxygen atoms in total. The predicted molar refractivity (Wildman–Crippen MR) is 114 cm³/mol. The largest absolute Gasteiger partial charge is 0.486 e. The van der Waals surface area contributed by atoms with Crippen molar-refractivity contribution in [2.75, 3.05) is 18.5 Å². The molecule has 0 saturated heterocycles. The number of hydrogen-bond acceptors (Lipinski definition) is 4. The Balaban J connectivity index is 2.16. The van der Waals surface area contributed by atoms with E-state index in [1.807, 2.05) is 31.2 Å². The number of halogens is 2. The fraction of sp³-hybridized carbons (Fsp3) is 0.238. The highest BCUT2D eigenvalue weighted by Gasteiger charge is 2.22. The van der Waals surface area contributed by atoms with Gasteiger partial charge in [-0.25, -0.2) is 0 Å².